The fraction of sp³-hybridized carbons (Fsp3) is 0.375. The highest BCUT2D eigenvalue weighted by Crippen LogP contribution is 2.32. The van der Waals surface area contributed by atoms with E-state index in [0.29, 0.717) is 45.0 Å². The average Bonchev–Trinajstić information content (AvgIpc) is 3.30. The summed E-state index contributed by atoms with van der Waals surface area (Å²) in [4.78, 5) is 16.7. The second-order valence-electron chi connectivity index (χ2n) is 8.03. The molecule has 0 N–H and O–H groups in total. The number of carbonyl (C=O) groups excluding carboxylic acids is 1. The Morgan fingerprint density at radius 2 is 1.76 bits per heavy atom. The molecular weight excluding hydrogens is 442 g/mol. The molecule has 2 aliphatic rings. The Kier molecular flexibility index (Phi) is 7.32. The minimum Gasteiger partial charge on any atom is -0.454 e. The van der Waals surface area contributed by atoms with E-state index in [1.54, 1.807) is 11.0 Å². The lowest BCUT2D eigenvalue weighted by Gasteiger charge is -2.34. The Morgan fingerprint density at radius 1 is 1.03 bits per heavy atom. The van der Waals surface area contributed by atoms with Crippen LogP contribution in [0, 0.1) is 0 Å². The second-order valence-corrected chi connectivity index (χ2v) is 9.85. The first-order valence-electron chi connectivity index (χ1n) is 11.1. The van der Waals surface area contributed by atoms with E-state index in [4.69, 9.17) is 9.47 Å². The summed E-state index contributed by atoms with van der Waals surface area (Å²) >= 11 is 0. The first kappa shape index (κ1) is 23.3. The van der Waals surface area contributed by atoms with Crippen LogP contribution in [-0.2, 0) is 21.4 Å². The van der Waals surface area contributed by atoms with Crippen LogP contribution in [0.4, 0.5) is 0 Å². The smallest absolute Gasteiger partial charge is 0.237 e. The molecule has 2 aromatic carbocycles. The van der Waals surface area contributed by atoms with Gasteiger partial charge in [0.2, 0.25) is 22.7 Å². The van der Waals surface area contributed by atoms with Crippen molar-refractivity contribution in [2.45, 2.75) is 13.5 Å². The quantitative estimate of drug-likeness (QED) is 0.588. The molecule has 0 radical (unpaired) electrons. The molecule has 8 nitrogen and oxygen atoms in total. The molecule has 0 bridgehead atoms. The van der Waals surface area contributed by atoms with Crippen LogP contribution in [0.15, 0.2) is 53.9 Å². The average molecular weight is 472 g/mol. The molecule has 33 heavy (non-hydrogen) atoms. The molecule has 0 aliphatic carbocycles. The third-order valence-corrected chi connectivity index (χ3v) is 7.39. The van der Waals surface area contributed by atoms with Crippen molar-refractivity contribution in [3.05, 3.63) is 65.1 Å². The number of amides is 1. The predicted molar refractivity (Wildman–Crippen MR) is 126 cm³/mol. The minimum absolute atomic E-state index is 0.0236. The third-order valence-electron chi connectivity index (χ3n) is 5.83. The second kappa shape index (κ2) is 10.4. The number of sulfonamides is 1. The summed E-state index contributed by atoms with van der Waals surface area (Å²) in [5.74, 6) is 1.45. The Morgan fingerprint density at radius 3 is 2.48 bits per heavy atom. The number of rotatable bonds is 8. The highest BCUT2D eigenvalue weighted by Gasteiger charge is 2.27. The van der Waals surface area contributed by atoms with E-state index in [-0.39, 0.29) is 19.2 Å². The van der Waals surface area contributed by atoms with Crippen molar-refractivity contribution in [1.82, 2.24) is 14.1 Å². The first-order valence-corrected chi connectivity index (χ1v) is 12.6. The number of ether oxygens (including phenoxy) is 2. The van der Waals surface area contributed by atoms with E-state index >= 15 is 0 Å². The van der Waals surface area contributed by atoms with E-state index in [2.05, 4.69) is 0 Å². The van der Waals surface area contributed by atoms with E-state index in [1.807, 2.05) is 60.4 Å². The van der Waals surface area contributed by atoms with Crippen molar-refractivity contribution in [3.8, 4) is 11.5 Å². The van der Waals surface area contributed by atoms with Crippen LogP contribution in [0.1, 0.15) is 18.1 Å². The Bertz CT molecular complexity index is 1100. The summed E-state index contributed by atoms with van der Waals surface area (Å²) in [7, 11) is -3.49. The van der Waals surface area contributed by atoms with Crippen LogP contribution in [-0.4, -0.2) is 74.5 Å². The number of hydrogen-bond donors (Lipinski definition) is 0. The zero-order valence-corrected chi connectivity index (χ0v) is 19.5. The fourth-order valence-corrected chi connectivity index (χ4v) is 5.06. The molecule has 176 valence electrons. The van der Waals surface area contributed by atoms with Gasteiger partial charge in [0.1, 0.15) is 0 Å². The highest BCUT2D eigenvalue weighted by atomic mass is 32.2. The number of hydrogen-bond acceptors (Lipinski definition) is 6. The first-order chi connectivity index (χ1) is 15.9. The van der Waals surface area contributed by atoms with Crippen LogP contribution in [0.3, 0.4) is 0 Å². The number of carbonyl (C=O) groups is 1. The molecule has 1 saturated heterocycles. The Hall–Kier alpha value is -2.88. The topological polar surface area (TPSA) is 79.4 Å². The van der Waals surface area contributed by atoms with E-state index in [1.165, 1.54) is 9.71 Å². The summed E-state index contributed by atoms with van der Waals surface area (Å²) in [5, 5.41) is 1.26. The monoisotopic (exact) mass is 471 g/mol. The minimum atomic E-state index is -3.49. The zero-order chi connectivity index (χ0) is 23.3. The van der Waals surface area contributed by atoms with Crippen molar-refractivity contribution in [1.29, 1.82) is 0 Å². The van der Waals surface area contributed by atoms with Crippen LogP contribution in [0.25, 0.3) is 6.08 Å². The van der Waals surface area contributed by atoms with Gasteiger partial charge in [0, 0.05) is 44.7 Å². The number of likely N-dealkylation sites (N-methyl/N-ethyl adjacent to an activating group) is 1. The van der Waals surface area contributed by atoms with Gasteiger partial charge in [-0.15, -0.1) is 0 Å². The van der Waals surface area contributed by atoms with Gasteiger partial charge in [-0.2, -0.15) is 4.31 Å². The highest BCUT2D eigenvalue weighted by molar-refractivity contribution is 7.92. The normalized spacial score (nSPS) is 16.9. The van der Waals surface area contributed by atoms with Gasteiger partial charge in [0.05, 0.1) is 6.54 Å². The van der Waals surface area contributed by atoms with Gasteiger partial charge in [-0.1, -0.05) is 36.4 Å². The molecule has 9 heteroatoms. The van der Waals surface area contributed by atoms with Gasteiger partial charge >= 0.3 is 0 Å². The number of nitrogens with zero attached hydrogens (tertiary/aromatic N) is 3. The fourth-order valence-electron chi connectivity index (χ4n) is 3.88. The molecule has 0 aromatic heterocycles. The van der Waals surface area contributed by atoms with Gasteiger partial charge in [-0.05, 0) is 36.3 Å². The molecule has 2 aromatic rings. The molecular formula is C24H29N3O5S. The maximum Gasteiger partial charge on any atom is 0.237 e. The van der Waals surface area contributed by atoms with Crippen molar-refractivity contribution >= 4 is 22.0 Å². The molecule has 0 unspecified atom stereocenters. The summed E-state index contributed by atoms with van der Waals surface area (Å²) in [6.45, 7) is 5.29. The molecule has 1 amide bonds. The van der Waals surface area contributed by atoms with Crippen molar-refractivity contribution in [2.24, 2.45) is 0 Å². The van der Waals surface area contributed by atoms with Crippen LogP contribution in [0.2, 0.25) is 0 Å². The maximum absolute atomic E-state index is 12.9. The van der Waals surface area contributed by atoms with Crippen molar-refractivity contribution in [3.63, 3.8) is 0 Å². The molecule has 4 rings (SSSR count). The molecule has 0 saturated carbocycles. The molecule has 0 atom stereocenters. The largest absolute Gasteiger partial charge is 0.454 e. The van der Waals surface area contributed by atoms with Gasteiger partial charge in [-0.25, -0.2) is 8.42 Å². The van der Waals surface area contributed by atoms with Gasteiger partial charge in [-0.3, -0.25) is 9.69 Å². The molecule has 1 fully saturated rings. The Balaban J connectivity index is 1.28. The standard InChI is InChI=1S/C24H29N3O5S/c1-2-26(17-21-8-9-22-23(16-21)32-19-31-22)24(28)18-25-11-13-27(14-12-25)33(29,30)15-10-20-6-4-3-5-7-20/h3-10,15-16H,2,11-14,17-19H2,1H3. The zero-order valence-electron chi connectivity index (χ0n) is 18.7. The van der Waals surface area contributed by atoms with Crippen LogP contribution >= 0.6 is 0 Å². The van der Waals surface area contributed by atoms with Crippen LogP contribution < -0.4 is 9.47 Å². The Labute approximate surface area is 195 Å². The number of benzene rings is 2. The summed E-state index contributed by atoms with van der Waals surface area (Å²) in [6, 6.07) is 15.1. The summed E-state index contributed by atoms with van der Waals surface area (Å²) in [6.07, 6.45) is 1.61. The number of piperazine rings is 1. The van der Waals surface area contributed by atoms with E-state index in [9.17, 15) is 13.2 Å². The number of fused-ring (bicyclic) bond motifs is 1. The summed E-state index contributed by atoms with van der Waals surface area (Å²) < 4.78 is 37.5. The van der Waals surface area contributed by atoms with Crippen molar-refractivity contribution in [2.75, 3.05) is 46.1 Å². The van der Waals surface area contributed by atoms with Gasteiger partial charge < -0.3 is 14.4 Å². The molecule has 0 spiro atoms. The lowest BCUT2D eigenvalue weighted by molar-refractivity contribution is -0.133. The maximum atomic E-state index is 12.9. The molecule has 2 heterocycles. The lowest BCUT2D eigenvalue weighted by Crippen LogP contribution is -2.51. The van der Waals surface area contributed by atoms with Gasteiger partial charge in [0.25, 0.3) is 0 Å². The van der Waals surface area contributed by atoms with E-state index in [0.717, 1.165) is 16.9 Å². The lowest BCUT2D eigenvalue weighted by atomic mass is 10.2. The summed E-state index contributed by atoms with van der Waals surface area (Å²) in [5.41, 5.74) is 1.82. The van der Waals surface area contributed by atoms with Crippen LogP contribution in [0.5, 0.6) is 11.5 Å². The van der Waals surface area contributed by atoms with E-state index < -0.39 is 10.0 Å². The molecule has 2 aliphatic heterocycles. The van der Waals surface area contributed by atoms with Gasteiger partial charge in [0.15, 0.2) is 11.5 Å². The van der Waals surface area contributed by atoms with Crippen molar-refractivity contribution < 1.29 is 22.7 Å². The predicted octanol–water partition coefficient (Wildman–Crippen LogP) is 2.38. The SMILES string of the molecule is CCN(Cc1ccc2c(c1)OCO2)C(=O)CN1CCN(S(=O)(=O)C=Cc2ccccc2)CC1. The third kappa shape index (κ3) is 5.93.